The highest BCUT2D eigenvalue weighted by Gasteiger charge is 2.12. The lowest BCUT2D eigenvalue weighted by Crippen LogP contribution is -2.24. The second kappa shape index (κ2) is 9.31. The molecule has 2 aromatic rings. The third-order valence-corrected chi connectivity index (χ3v) is 3.54. The number of ether oxygens (including phenoxy) is 3. The smallest absolute Gasteiger partial charge is 0.277 e. The van der Waals surface area contributed by atoms with Crippen molar-refractivity contribution in [1.29, 1.82) is 0 Å². The lowest BCUT2D eigenvalue weighted by molar-refractivity contribution is -0.123. The first-order valence-electron chi connectivity index (χ1n) is 7.98. The van der Waals surface area contributed by atoms with Crippen LogP contribution >= 0.6 is 0 Å². The Bertz CT molecular complexity index is 736. The lowest BCUT2D eigenvalue weighted by atomic mass is 10.2. The van der Waals surface area contributed by atoms with Crippen molar-refractivity contribution >= 4 is 17.8 Å². The summed E-state index contributed by atoms with van der Waals surface area (Å²) in [5.74, 6) is 0.957. The average Bonchev–Trinajstić information content (AvgIpc) is 2.66. The highest BCUT2D eigenvalue weighted by atomic mass is 16.5. The van der Waals surface area contributed by atoms with Gasteiger partial charge in [0, 0.05) is 19.8 Å². The molecular formula is C19H23N3O4. The fourth-order valence-electron chi connectivity index (χ4n) is 2.17. The molecule has 26 heavy (non-hydrogen) atoms. The standard InChI is InChI=1S/C19H23N3O4/c1-22(2)15-10-8-14(9-11-15)12-20-21-18(23)13-26-19-16(24-3)6-5-7-17(19)25-4/h5-12H,13H2,1-4H3,(H,21,23)/b20-12+. The second-order valence-corrected chi connectivity index (χ2v) is 5.56. The van der Waals surface area contributed by atoms with Gasteiger partial charge in [-0.1, -0.05) is 18.2 Å². The van der Waals surface area contributed by atoms with Crippen molar-refractivity contribution in [3.63, 3.8) is 0 Å². The molecule has 0 fully saturated rings. The average molecular weight is 357 g/mol. The van der Waals surface area contributed by atoms with E-state index in [4.69, 9.17) is 14.2 Å². The van der Waals surface area contributed by atoms with Gasteiger partial charge in [0.2, 0.25) is 5.75 Å². The minimum absolute atomic E-state index is 0.215. The summed E-state index contributed by atoms with van der Waals surface area (Å²) in [5, 5.41) is 3.93. The van der Waals surface area contributed by atoms with Crippen molar-refractivity contribution in [3.8, 4) is 17.2 Å². The van der Waals surface area contributed by atoms with Crippen LogP contribution in [0.5, 0.6) is 17.2 Å². The van der Waals surface area contributed by atoms with Gasteiger partial charge in [0.1, 0.15) is 0 Å². The van der Waals surface area contributed by atoms with Crippen molar-refractivity contribution in [3.05, 3.63) is 48.0 Å². The molecule has 0 aliphatic carbocycles. The maximum Gasteiger partial charge on any atom is 0.277 e. The van der Waals surface area contributed by atoms with E-state index >= 15 is 0 Å². The van der Waals surface area contributed by atoms with Gasteiger partial charge in [0.25, 0.3) is 5.91 Å². The normalized spacial score (nSPS) is 10.5. The van der Waals surface area contributed by atoms with E-state index in [-0.39, 0.29) is 12.5 Å². The maximum atomic E-state index is 11.9. The highest BCUT2D eigenvalue weighted by Crippen LogP contribution is 2.36. The van der Waals surface area contributed by atoms with E-state index in [9.17, 15) is 4.79 Å². The molecule has 0 heterocycles. The van der Waals surface area contributed by atoms with Crippen molar-refractivity contribution in [2.75, 3.05) is 39.8 Å². The van der Waals surface area contributed by atoms with Crippen LogP contribution in [0.4, 0.5) is 5.69 Å². The number of hydrogen-bond acceptors (Lipinski definition) is 6. The Morgan fingerprint density at radius 3 is 2.23 bits per heavy atom. The predicted octanol–water partition coefficient (Wildman–Crippen LogP) is 2.30. The Morgan fingerprint density at radius 2 is 1.69 bits per heavy atom. The van der Waals surface area contributed by atoms with E-state index in [0.717, 1.165) is 11.3 Å². The van der Waals surface area contributed by atoms with E-state index in [1.54, 1.807) is 24.4 Å². The Hall–Kier alpha value is -3.22. The zero-order valence-corrected chi connectivity index (χ0v) is 15.4. The third-order valence-electron chi connectivity index (χ3n) is 3.54. The number of rotatable bonds is 8. The Labute approximate surface area is 153 Å². The third kappa shape index (κ3) is 5.14. The number of anilines is 1. The van der Waals surface area contributed by atoms with Gasteiger partial charge in [0.05, 0.1) is 20.4 Å². The molecule has 0 aromatic heterocycles. The lowest BCUT2D eigenvalue weighted by Gasteiger charge is -2.13. The predicted molar refractivity (Wildman–Crippen MR) is 102 cm³/mol. The summed E-state index contributed by atoms with van der Waals surface area (Å²) in [6.45, 7) is -0.215. The molecule has 0 aliphatic heterocycles. The van der Waals surface area contributed by atoms with Gasteiger partial charge in [-0.25, -0.2) is 5.43 Å². The first-order valence-corrected chi connectivity index (χ1v) is 7.98. The van der Waals surface area contributed by atoms with Gasteiger partial charge in [-0.3, -0.25) is 4.79 Å². The van der Waals surface area contributed by atoms with Crippen molar-refractivity contribution in [1.82, 2.24) is 5.43 Å². The number of hydrazone groups is 1. The van der Waals surface area contributed by atoms with Gasteiger partial charge in [-0.05, 0) is 29.8 Å². The number of hydrogen-bond donors (Lipinski definition) is 1. The number of benzene rings is 2. The topological polar surface area (TPSA) is 72.4 Å². The molecule has 1 N–H and O–H groups in total. The summed E-state index contributed by atoms with van der Waals surface area (Å²) in [5.41, 5.74) is 4.39. The van der Waals surface area contributed by atoms with E-state index in [1.807, 2.05) is 43.3 Å². The van der Waals surface area contributed by atoms with Crippen molar-refractivity contribution in [2.45, 2.75) is 0 Å². The van der Waals surface area contributed by atoms with Crippen molar-refractivity contribution in [2.24, 2.45) is 5.10 Å². The summed E-state index contributed by atoms with van der Waals surface area (Å²) >= 11 is 0. The summed E-state index contributed by atoms with van der Waals surface area (Å²) in [6.07, 6.45) is 1.57. The van der Waals surface area contributed by atoms with Gasteiger partial charge in [0.15, 0.2) is 18.1 Å². The minimum atomic E-state index is -0.390. The molecule has 1 amide bonds. The fourth-order valence-corrected chi connectivity index (χ4v) is 2.17. The first kappa shape index (κ1) is 19.1. The van der Waals surface area contributed by atoms with Crippen molar-refractivity contribution < 1.29 is 19.0 Å². The van der Waals surface area contributed by atoms with E-state index in [2.05, 4.69) is 10.5 Å². The number of para-hydroxylation sites is 1. The molecule has 2 rings (SSSR count). The Morgan fingerprint density at radius 1 is 1.08 bits per heavy atom. The molecular weight excluding hydrogens is 334 g/mol. The van der Waals surface area contributed by atoms with E-state index in [1.165, 1.54) is 14.2 Å². The number of nitrogens with zero attached hydrogens (tertiary/aromatic N) is 2. The summed E-state index contributed by atoms with van der Waals surface area (Å²) < 4.78 is 15.9. The number of carbonyl (C=O) groups excluding carboxylic acids is 1. The van der Waals surface area contributed by atoms with Crippen LogP contribution in [0.25, 0.3) is 0 Å². The van der Waals surface area contributed by atoms with Gasteiger partial charge in [-0.15, -0.1) is 0 Å². The van der Waals surface area contributed by atoms with Crippen LogP contribution in [-0.2, 0) is 4.79 Å². The summed E-state index contributed by atoms with van der Waals surface area (Å²) in [4.78, 5) is 13.9. The molecule has 0 radical (unpaired) electrons. The zero-order chi connectivity index (χ0) is 18.9. The number of amides is 1. The van der Waals surface area contributed by atoms with Gasteiger partial charge >= 0.3 is 0 Å². The van der Waals surface area contributed by atoms with Gasteiger partial charge < -0.3 is 19.1 Å². The van der Waals surface area contributed by atoms with Gasteiger partial charge in [-0.2, -0.15) is 5.10 Å². The summed E-state index contributed by atoms with van der Waals surface area (Å²) in [6, 6.07) is 13.0. The van der Waals surface area contributed by atoms with Crippen LogP contribution in [0.15, 0.2) is 47.6 Å². The second-order valence-electron chi connectivity index (χ2n) is 5.56. The minimum Gasteiger partial charge on any atom is -0.493 e. The maximum absolute atomic E-state index is 11.9. The molecule has 0 bridgehead atoms. The molecule has 7 nitrogen and oxygen atoms in total. The largest absolute Gasteiger partial charge is 0.493 e. The summed E-state index contributed by atoms with van der Waals surface area (Å²) in [7, 11) is 6.99. The molecule has 138 valence electrons. The Balaban J connectivity index is 1.89. The monoisotopic (exact) mass is 357 g/mol. The molecule has 2 aromatic carbocycles. The van der Waals surface area contributed by atoms with Crippen LogP contribution in [0, 0.1) is 0 Å². The molecule has 0 aliphatic rings. The van der Waals surface area contributed by atoms with Crippen LogP contribution in [0.2, 0.25) is 0 Å². The number of carbonyl (C=O) groups is 1. The fraction of sp³-hybridized carbons (Fsp3) is 0.263. The first-order chi connectivity index (χ1) is 12.5. The molecule has 0 unspecified atom stereocenters. The Kier molecular flexibility index (Phi) is 6.84. The van der Waals surface area contributed by atoms with Crippen LogP contribution in [-0.4, -0.2) is 47.0 Å². The molecule has 0 atom stereocenters. The van der Waals surface area contributed by atoms with Crippen LogP contribution < -0.4 is 24.5 Å². The SMILES string of the molecule is COc1cccc(OC)c1OCC(=O)N/N=C/c1ccc(N(C)C)cc1. The van der Waals surface area contributed by atoms with Crippen LogP contribution in [0.3, 0.4) is 0 Å². The quantitative estimate of drug-likeness (QED) is 0.580. The van der Waals surface area contributed by atoms with E-state index in [0.29, 0.717) is 17.2 Å². The van der Waals surface area contributed by atoms with E-state index < -0.39 is 0 Å². The number of nitrogens with one attached hydrogen (secondary N) is 1. The zero-order valence-electron chi connectivity index (χ0n) is 15.4. The molecule has 0 spiro atoms. The highest BCUT2D eigenvalue weighted by molar-refractivity contribution is 5.83. The molecule has 0 saturated carbocycles. The number of methoxy groups -OCH3 is 2. The molecule has 0 saturated heterocycles. The molecule has 7 heteroatoms. The van der Waals surface area contributed by atoms with Crippen LogP contribution in [0.1, 0.15) is 5.56 Å².